The normalized spacial score (nSPS) is 34.5. The van der Waals surface area contributed by atoms with E-state index in [4.69, 9.17) is 16.3 Å². The van der Waals surface area contributed by atoms with Crippen LogP contribution in [0.2, 0.25) is 5.02 Å². The van der Waals surface area contributed by atoms with Crippen LogP contribution in [0.15, 0.2) is 24.3 Å². The van der Waals surface area contributed by atoms with E-state index in [0.29, 0.717) is 29.1 Å². The van der Waals surface area contributed by atoms with Gasteiger partial charge in [0.15, 0.2) is 0 Å². The predicted molar refractivity (Wildman–Crippen MR) is 99.9 cm³/mol. The zero-order valence-corrected chi connectivity index (χ0v) is 15.7. The van der Waals surface area contributed by atoms with Gasteiger partial charge in [-0.05, 0) is 74.0 Å². The molecule has 4 saturated carbocycles. The van der Waals surface area contributed by atoms with Crippen molar-refractivity contribution in [1.29, 1.82) is 0 Å². The number of hydrogen-bond acceptors (Lipinski definition) is 3. The maximum absolute atomic E-state index is 12.3. The fourth-order valence-corrected chi connectivity index (χ4v) is 5.92. The first kappa shape index (κ1) is 17.8. The lowest BCUT2D eigenvalue weighted by Crippen LogP contribution is -2.63. The van der Waals surface area contributed by atoms with Crippen molar-refractivity contribution in [2.45, 2.75) is 37.7 Å². The average Bonchev–Trinajstić information content (AvgIpc) is 2.61. The topological polar surface area (TPSA) is 67.4 Å². The maximum Gasteiger partial charge on any atom is 0.313 e. The minimum Gasteiger partial charge on any atom is -0.376 e. The van der Waals surface area contributed by atoms with Crippen LogP contribution in [0.5, 0.6) is 0 Å². The van der Waals surface area contributed by atoms with Gasteiger partial charge in [0.2, 0.25) is 0 Å². The molecule has 0 radical (unpaired) electrons. The van der Waals surface area contributed by atoms with E-state index in [2.05, 4.69) is 10.6 Å². The fourth-order valence-electron chi connectivity index (χ4n) is 5.73. The first-order valence-electron chi connectivity index (χ1n) is 9.40. The Kier molecular flexibility index (Phi) is 4.70. The van der Waals surface area contributed by atoms with Crippen LogP contribution in [0.3, 0.4) is 0 Å². The molecule has 0 atom stereocenters. The molecule has 5 nitrogen and oxygen atoms in total. The molecule has 0 unspecified atom stereocenters. The van der Waals surface area contributed by atoms with Crippen LogP contribution in [-0.2, 0) is 14.3 Å². The molecule has 0 aliphatic heterocycles. The lowest BCUT2D eigenvalue weighted by atomic mass is 9.49. The van der Waals surface area contributed by atoms with Crippen LogP contribution in [0.1, 0.15) is 32.1 Å². The van der Waals surface area contributed by atoms with Gasteiger partial charge in [-0.3, -0.25) is 9.59 Å². The Hall–Kier alpha value is -1.59. The number of ether oxygens (including phenoxy) is 1. The summed E-state index contributed by atoms with van der Waals surface area (Å²) in [5.74, 6) is 1.31. The SMILES string of the molecule is COC1(CNC(=O)C(=O)Nc2cccc(Cl)c2)C2CC3CC(C2)CC1C3. The Bertz CT molecular complexity index is 693. The number of methoxy groups -OCH3 is 1. The second kappa shape index (κ2) is 6.86. The highest BCUT2D eigenvalue weighted by atomic mass is 35.5. The van der Waals surface area contributed by atoms with Gasteiger partial charge in [0.05, 0.1) is 5.60 Å². The molecule has 0 heterocycles. The van der Waals surface area contributed by atoms with E-state index in [9.17, 15) is 9.59 Å². The molecule has 5 rings (SSSR count). The van der Waals surface area contributed by atoms with Crippen molar-refractivity contribution in [2.75, 3.05) is 19.0 Å². The van der Waals surface area contributed by atoms with Crippen LogP contribution < -0.4 is 10.6 Å². The summed E-state index contributed by atoms with van der Waals surface area (Å²) >= 11 is 5.91. The number of hydrogen-bond donors (Lipinski definition) is 2. The molecule has 4 fully saturated rings. The third kappa shape index (κ3) is 3.12. The van der Waals surface area contributed by atoms with Gasteiger partial charge in [0.25, 0.3) is 0 Å². The van der Waals surface area contributed by atoms with Crippen LogP contribution in [0, 0.1) is 23.7 Å². The third-order valence-electron chi connectivity index (χ3n) is 6.71. The quantitative estimate of drug-likeness (QED) is 0.793. The summed E-state index contributed by atoms with van der Waals surface area (Å²) in [4.78, 5) is 24.5. The number of anilines is 1. The van der Waals surface area contributed by atoms with Crippen molar-refractivity contribution >= 4 is 29.1 Å². The summed E-state index contributed by atoms with van der Waals surface area (Å²) in [6.07, 6.45) is 6.11. The van der Waals surface area contributed by atoms with Gasteiger partial charge in [-0.25, -0.2) is 0 Å². The van der Waals surface area contributed by atoms with E-state index in [-0.39, 0.29) is 5.60 Å². The molecule has 2 amide bonds. The Morgan fingerprint density at radius 2 is 1.77 bits per heavy atom. The molecule has 26 heavy (non-hydrogen) atoms. The van der Waals surface area contributed by atoms with Crippen LogP contribution >= 0.6 is 11.6 Å². The molecule has 0 spiro atoms. The summed E-state index contributed by atoms with van der Waals surface area (Å²) < 4.78 is 6.01. The Morgan fingerprint density at radius 1 is 1.12 bits per heavy atom. The van der Waals surface area contributed by atoms with Crippen LogP contribution in [0.25, 0.3) is 0 Å². The van der Waals surface area contributed by atoms with E-state index in [1.54, 1.807) is 31.4 Å². The zero-order valence-electron chi connectivity index (χ0n) is 15.0. The summed E-state index contributed by atoms with van der Waals surface area (Å²) in [5, 5.41) is 5.93. The van der Waals surface area contributed by atoms with Crippen molar-refractivity contribution in [3.63, 3.8) is 0 Å². The summed E-state index contributed by atoms with van der Waals surface area (Å²) in [5.41, 5.74) is 0.188. The van der Waals surface area contributed by atoms with Gasteiger partial charge >= 0.3 is 11.8 Å². The van der Waals surface area contributed by atoms with Crippen LogP contribution in [0.4, 0.5) is 5.69 Å². The molecule has 1 aromatic rings. The Labute approximate surface area is 158 Å². The fraction of sp³-hybridized carbons (Fsp3) is 0.600. The summed E-state index contributed by atoms with van der Waals surface area (Å²) in [7, 11) is 1.75. The van der Waals surface area contributed by atoms with Gasteiger partial charge in [-0.1, -0.05) is 17.7 Å². The number of halogens is 1. The molecule has 0 saturated heterocycles. The minimum absolute atomic E-state index is 0.320. The number of nitrogens with one attached hydrogen (secondary N) is 2. The predicted octanol–water partition coefficient (Wildman–Crippen LogP) is 3.24. The van der Waals surface area contributed by atoms with Crippen molar-refractivity contribution in [3.8, 4) is 0 Å². The first-order valence-corrected chi connectivity index (χ1v) is 9.78. The molecule has 0 aromatic heterocycles. The third-order valence-corrected chi connectivity index (χ3v) is 6.95. The number of benzene rings is 1. The summed E-state index contributed by atoms with van der Waals surface area (Å²) in [6.45, 7) is 0.403. The largest absolute Gasteiger partial charge is 0.376 e. The van der Waals surface area contributed by atoms with E-state index in [0.717, 1.165) is 11.8 Å². The monoisotopic (exact) mass is 376 g/mol. The molecule has 4 aliphatic rings. The molecule has 6 heteroatoms. The molecular formula is C20H25ClN2O3. The lowest BCUT2D eigenvalue weighted by molar-refractivity contribution is -0.188. The second-order valence-electron chi connectivity index (χ2n) is 8.11. The lowest BCUT2D eigenvalue weighted by Gasteiger charge is -2.60. The van der Waals surface area contributed by atoms with Crippen molar-refractivity contribution in [2.24, 2.45) is 23.7 Å². The Morgan fingerprint density at radius 3 is 2.35 bits per heavy atom. The molecule has 4 aliphatic carbocycles. The zero-order chi connectivity index (χ0) is 18.3. The van der Waals surface area contributed by atoms with Crippen molar-refractivity contribution < 1.29 is 14.3 Å². The number of carbonyl (C=O) groups is 2. The molecule has 2 N–H and O–H groups in total. The highest BCUT2D eigenvalue weighted by Gasteiger charge is 2.57. The smallest absolute Gasteiger partial charge is 0.313 e. The minimum atomic E-state index is -0.678. The van der Waals surface area contributed by atoms with Crippen molar-refractivity contribution in [1.82, 2.24) is 5.32 Å². The number of rotatable bonds is 4. The van der Waals surface area contributed by atoms with Gasteiger partial charge in [-0.2, -0.15) is 0 Å². The van der Waals surface area contributed by atoms with Gasteiger partial charge in [-0.15, -0.1) is 0 Å². The highest BCUT2D eigenvalue weighted by molar-refractivity contribution is 6.39. The number of carbonyl (C=O) groups excluding carboxylic acids is 2. The van der Waals surface area contributed by atoms with E-state index < -0.39 is 11.8 Å². The highest BCUT2D eigenvalue weighted by Crippen LogP contribution is 2.59. The Balaban J connectivity index is 1.39. The standard InChI is InChI=1S/C20H25ClN2O3/c1-26-20(14-6-12-5-13(8-14)9-15(20)7-12)11-22-18(24)19(25)23-17-4-2-3-16(21)10-17/h2-4,10,12-15H,5-9,11H2,1H3,(H,22,24)(H,23,25). The van der Waals surface area contributed by atoms with Gasteiger partial charge in [0.1, 0.15) is 0 Å². The molecule has 1 aromatic carbocycles. The van der Waals surface area contributed by atoms with E-state index in [1.807, 2.05) is 0 Å². The summed E-state index contributed by atoms with van der Waals surface area (Å²) in [6, 6.07) is 6.75. The number of amides is 2. The van der Waals surface area contributed by atoms with E-state index in [1.165, 1.54) is 32.1 Å². The molecule has 140 valence electrons. The van der Waals surface area contributed by atoms with Gasteiger partial charge in [0, 0.05) is 24.4 Å². The maximum atomic E-state index is 12.3. The first-order chi connectivity index (χ1) is 12.5. The van der Waals surface area contributed by atoms with Crippen molar-refractivity contribution in [3.05, 3.63) is 29.3 Å². The average molecular weight is 377 g/mol. The van der Waals surface area contributed by atoms with Gasteiger partial charge < -0.3 is 15.4 Å². The van der Waals surface area contributed by atoms with E-state index >= 15 is 0 Å². The molecule has 4 bridgehead atoms. The second-order valence-corrected chi connectivity index (χ2v) is 8.55. The van der Waals surface area contributed by atoms with Crippen LogP contribution in [-0.4, -0.2) is 31.1 Å². The molecular weight excluding hydrogens is 352 g/mol.